The largest absolute Gasteiger partial charge is 0.497 e. The van der Waals surface area contributed by atoms with E-state index in [1.54, 1.807) is 13.2 Å². The Hall–Kier alpha value is -3.59. The molecule has 1 unspecified atom stereocenters. The number of methoxy groups -OCH3 is 1. The smallest absolute Gasteiger partial charge is 0.272 e. The molecule has 0 spiro atoms. The van der Waals surface area contributed by atoms with Crippen LogP contribution in [-0.2, 0) is 6.54 Å². The molecule has 7 nitrogen and oxygen atoms in total. The maximum atomic E-state index is 13.7. The highest BCUT2D eigenvalue weighted by Gasteiger charge is 2.14. The highest BCUT2D eigenvalue weighted by atomic mass is 19.1. The molecule has 162 valence electrons. The number of aliphatic hydroxyl groups excluding tert-OH is 1. The van der Waals surface area contributed by atoms with E-state index in [0.717, 1.165) is 29.5 Å². The minimum Gasteiger partial charge on any atom is -0.497 e. The maximum Gasteiger partial charge on any atom is 0.272 e. The van der Waals surface area contributed by atoms with Crippen LogP contribution in [0.3, 0.4) is 0 Å². The summed E-state index contributed by atoms with van der Waals surface area (Å²) in [7, 11) is 1.58. The lowest BCUT2D eigenvalue weighted by molar-refractivity contribution is 0.0944. The minimum atomic E-state index is -0.610. The van der Waals surface area contributed by atoms with Gasteiger partial charge < -0.3 is 20.5 Å². The van der Waals surface area contributed by atoms with E-state index in [9.17, 15) is 18.7 Å². The van der Waals surface area contributed by atoms with Crippen LogP contribution in [0.5, 0.6) is 5.75 Å². The molecule has 0 radical (unpaired) electrons. The van der Waals surface area contributed by atoms with Gasteiger partial charge in [-0.2, -0.15) is 0 Å². The first-order chi connectivity index (χ1) is 15.0. The Bertz CT molecular complexity index is 1010. The Balaban J connectivity index is 1.63. The molecule has 1 amide bonds. The van der Waals surface area contributed by atoms with Gasteiger partial charge in [-0.1, -0.05) is 12.1 Å². The van der Waals surface area contributed by atoms with Gasteiger partial charge in [-0.3, -0.25) is 4.79 Å². The van der Waals surface area contributed by atoms with Gasteiger partial charge in [0.15, 0.2) is 5.69 Å². The molecule has 9 heteroatoms. The number of nitrogens with zero attached hydrogens (tertiary/aromatic N) is 2. The molecule has 2 aromatic carbocycles. The lowest BCUT2D eigenvalue weighted by Crippen LogP contribution is -2.25. The van der Waals surface area contributed by atoms with E-state index in [-0.39, 0.29) is 30.5 Å². The number of aliphatic hydroxyl groups is 1. The second kappa shape index (κ2) is 10.4. The van der Waals surface area contributed by atoms with Crippen LogP contribution in [0.4, 0.5) is 14.6 Å². The summed E-state index contributed by atoms with van der Waals surface area (Å²) >= 11 is 0. The van der Waals surface area contributed by atoms with Crippen molar-refractivity contribution in [2.45, 2.75) is 19.0 Å². The zero-order valence-electron chi connectivity index (χ0n) is 16.8. The summed E-state index contributed by atoms with van der Waals surface area (Å²) in [4.78, 5) is 12.2. The number of carbonyl (C=O) groups excluding carboxylic acids is 1. The second-order valence-electron chi connectivity index (χ2n) is 6.70. The summed E-state index contributed by atoms with van der Waals surface area (Å²) in [5.41, 5.74) is 0.993. The quantitative estimate of drug-likeness (QED) is 0.484. The zero-order chi connectivity index (χ0) is 22.2. The molecular weight excluding hydrogens is 406 g/mol. The Labute approximate surface area is 178 Å². The first-order valence-electron chi connectivity index (χ1n) is 9.57. The molecule has 0 saturated heterocycles. The molecule has 1 atom stereocenters. The maximum absolute atomic E-state index is 13.7. The van der Waals surface area contributed by atoms with Crippen molar-refractivity contribution in [2.24, 2.45) is 0 Å². The second-order valence-corrected chi connectivity index (χ2v) is 6.70. The molecule has 31 heavy (non-hydrogen) atoms. The van der Waals surface area contributed by atoms with Crippen LogP contribution >= 0.6 is 0 Å². The minimum absolute atomic E-state index is 0.0329. The van der Waals surface area contributed by atoms with Gasteiger partial charge >= 0.3 is 0 Å². The number of rotatable bonds is 9. The fourth-order valence-electron chi connectivity index (χ4n) is 2.94. The lowest BCUT2D eigenvalue weighted by Gasteiger charge is -2.19. The number of anilines is 1. The monoisotopic (exact) mass is 428 g/mol. The van der Waals surface area contributed by atoms with Gasteiger partial charge in [0.1, 0.15) is 23.2 Å². The van der Waals surface area contributed by atoms with Gasteiger partial charge in [-0.25, -0.2) is 8.78 Å². The number of ether oxygens (including phenoxy) is 1. The van der Waals surface area contributed by atoms with E-state index >= 15 is 0 Å². The molecular formula is C22H22F2N4O3. The first kappa shape index (κ1) is 22.1. The number of carbonyl (C=O) groups is 1. The van der Waals surface area contributed by atoms with Crippen molar-refractivity contribution in [1.82, 2.24) is 15.5 Å². The number of amides is 1. The summed E-state index contributed by atoms with van der Waals surface area (Å²) < 4.78 is 32.0. The highest BCUT2D eigenvalue weighted by molar-refractivity contribution is 5.92. The van der Waals surface area contributed by atoms with Crippen LogP contribution in [0.2, 0.25) is 0 Å². The van der Waals surface area contributed by atoms with Gasteiger partial charge in [-0.15, -0.1) is 10.2 Å². The van der Waals surface area contributed by atoms with Crippen molar-refractivity contribution in [2.75, 3.05) is 19.0 Å². The van der Waals surface area contributed by atoms with Gasteiger partial charge in [0.05, 0.1) is 13.2 Å². The average molecular weight is 428 g/mol. The zero-order valence-corrected chi connectivity index (χ0v) is 16.8. The lowest BCUT2D eigenvalue weighted by atomic mass is 10.0. The standard InChI is InChI=1S/C22H22F2N4O3/c1-31-17-5-2-14(3-6-17)19(10-11-29)26-21-9-8-20(27-28-21)22(30)25-13-15-12-16(23)4-7-18(15)24/h2-9,12,19,29H,10-11,13H2,1H3,(H,25,30)(H,26,28). The van der Waals surface area contributed by atoms with Gasteiger partial charge in [0.2, 0.25) is 0 Å². The predicted molar refractivity (Wildman–Crippen MR) is 111 cm³/mol. The predicted octanol–water partition coefficient (Wildman–Crippen LogP) is 3.23. The molecule has 0 bridgehead atoms. The summed E-state index contributed by atoms with van der Waals surface area (Å²) in [6, 6.07) is 13.3. The molecule has 3 rings (SSSR count). The van der Waals surface area contributed by atoms with Crippen molar-refractivity contribution in [1.29, 1.82) is 0 Å². The molecule has 0 fully saturated rings. The van der Waals surface area contributed by atoms with Crippen molar-refractivity contribution in [3.05, 3.63) is 83.1 Å². The van der Waals surface area contributed by atoms with Crippen LogP contribution < -0.4 is 15.4 Å². The van der Waals surface area contributed by atoms with E-state index < -0.39 is 17.5 Å². The summed E-state index contributed by atoms with van der Waals surface area (Å²) in [6.45, 7) is -0.214. The highest BCUT2D eigenvalue weighted by Crippen LogP contribution is 2.23. The number of benzene rings is 2. The normalized spacial score (nSPS) is 11.6. The third kappa shape index (κ3) is 5.95. The molecule has 3 N–H and O–H groups in total. The van der Waals surface area contributed by atoms with Gasteiger partial charge in [0.25, 0.3) is 5.91 Å². The van der Waals surface area contributed by atoms with Crippen molar-refractivity contribution in [3.8, 4) is 5.75 Å². The van der Waals surface area contributed by atoms with Crippen LogP contribution in [0.1, 0.15) is 34.1 Å². The van der Waals surface area contributed by atoms with Crippen molar-refractivity contribution < 1.29 is 23.4 Å². The Kier molecular flexibility index (Phi) is 7.45. The number of hydrogen-bond acceptors (Lipinski definition) is 6. The number of aromatic nitrogens is 2. The van der Waals surface area contributed by atoms with Crippen LogP contribution in [0.15, 0.2) is 54.6 Å². The van der Waals surface area contributed by atoms with E-state index in [0.29, 0.717) is 12.2 Å². The van der Waals surface area contributed by atoms with Gasteiger partial charge in [0, 0.05) is 18.7 Å². The number of hydrogen-bond donors (Lipinski definition) is 3. The molecule has 0 aliphatic carbocycles. The molecule has 0 aliphatic heterocycles. The van der Waals surface area contributed by atoms with E-state index in [4.69, 9.17) is 4.74 Å². The summed E-state index contributed by atoms with van der Waals surface area (Å²) in [6.07, 6.45) is 0.440. The summed E-state index contributed by atoms with van der Waals surface area (Å²) in [5.74, 6) is -0.623. The van der Waals surface area contributed by atoms with Crippen molar-refractivity contribution >= 4 is 11.7 Å². The number of halogens is 2. The van der Waals surface area contributed by atoms with Gasteiger partial charge in [-0.05, 0) is 54.4 Å². The van der Waals surface area contributed by atoms with E-state index in [1.807, 2.05) is 24.3 Å². The Morgan fingerprint density at radius 1 is 1.10 bits per heavy atom. The summed E-state index contributed by atoms with van der Waals surface area (Å²) in [5, 5.41) is 22.9. The van der Waals surface area contributed by atoms with E-state index in [2.05, 4.69) is 20.8 Å². The van der Waals surface area contributed by atoms with Crippen LogP contribution in [-0.4, -0.2) is 34.9 Å². The van der Waals surface area contributed by atoms with Crippen LogP contribution in [0, 0.1) is 11.6 Å². The van der Waals surface area contributed by atoms with E-state index in [1.165, 1.54) is 6.07 Å². The fraction of sp³-hybridized carbons (Fsp3) is 0.227. The molecule has 1 heterocycles. The molecule has 0 aliphatic rings. The molecule has 0 saturated carbocycles. The third-order valence-corrected chi connectivity index (χ3v) is 4.60. The Morgan fingerprint density at radius 2 is 1.87 bits per heavy atom. The fourth-order valence-corrected chi connectivity index (χ4v) is 2.94. The number of nitrogens with one attached hydrogen (secondary N) is 2. The Morgan fingerprint density at radius 3 is 2.52 bits per heavy atom. The average Bonchev–Trinajstić information content (AvgIpc) is 2.79. The molecule has 1 aromatic heterocycles. The van der Waals surface area contributed by atoms with Crippen LogP contribution in [0.25, 0.3) is 0 Å². The SMILES string of the molecule is COc1ccc(C(CCO)Nc2ccc(C(=O)NCc3cc(F)ccc3F)nn2)cc1. The van der Waals surface area contributed by atoms with Crippen molar-refractivity contribution in [3.63, 3.8) is 0 Å². The topological polar surface area (TPSA) is 96.4 Å². The molecule has 3 aromatic rings. The first-order valence-corrected chi connectivity index (χ1v) is 9.57. The third-order valence-electron chi connectivity index (χ3n) is 4.60.